The van der Waals surface area contributed by atoms with E-state index in [0.717, 1.165) is 15.4 Å². The number of rotatable bonds is 12. The Bertz CT molecular complexity index is 1630. The minimum atomic E-state index is -4.19. The summed E-state index contributed by atoms with van der Waals surface area (Å²) in [6, 6.07) is 30.6. The fourth-order valence-corrected chi connectivity index (χ4v) is 6.46. The van der Waals surface area contributed by atoms with Crippen LogP contribution in [0.2, 0.25) is 5.02 Å². The maximum atomic E-state index is 14.4. The zero-order chi connectivity index (χ0) is 31.0. The van der Waals surface area contributed by atoms with E-state index in [2.05, 4.69) is 5.32 Å². The highest BCUT2D eigenvalue weighted by atomic mass is 35.5. The van der Waals surface area contributed by atoms with Crippen LogP contribution >= 0.6 is 11.6 Å². The number of carbonyl (C=O) groups is 2. The first-order valence-corrected chi connectivity index (χ1v) is 15.9. The highest BCUT2D eigenvalue weighted by Crippen LogP contribution is 2.30. The zero-order valence-electron chi connectivity index (χ0n) is 24.5. The standard InChI is InChI=1S/C34H36ClN3O4S/c1-25(2)36-34(40)32(21-27-13-7-4-8-14-27)37(23-28-15-9-5-10-16-28)33(39)24-38(31-22-29(35)20-19-26(31)3)43(41,42)30-17-11-6-12-18-30/h4-20,22,25,32H,21,23-24H2,1-3H3,(H,36,40)/t32-/m1/s1. The Kier molecular flexibility index (Phi) is 10.6. The Labute approximate surface area is 259 Å². The van der Waals surface area contributed by atoms with Crippen molar-refractivity contribution in [2.24, 2.45) is 0 Å². The van der Waals surface area contributed by atoms with E-state index in [0.29, 0.717) is 10.6 Å². The third kappa shape index (κ3) is 8.24. The van der Waals surface area contributed by atoms with E-state index in [1.165, 1.54) is 17.0 Å². The molecule has 4 aromatic carbocycles. The average Bonchev–Trinajstić information content (AvgIpc) is 3.00. The van der Waals surface area contributed by atoms with Crippen molar-refractivity contribution in [3.05, 3.63) is 131 Å². The lowest BCUT2D eigenvalue weighted by Crippen LogP contribution is -2.54. The van der Waals surface area contributed by atoms with Gasteiger partial charge in [-0.1, -0.05) is 96.5 Å². The molecule has 0 aliphatic carbocycles. The molecule has 0 aromatic heterocycles. The number of sulfonamides is 1. The molecule has 2 amide bonds. The van der Waals surface area contributed by atoms with E-state index in [1.54, 1.807) is 43.3 Å². The summed E-state index contributed by atoms with van der Waals surface area (Å²) < 4.78 is 29.3. The molecule has 1 N–H and O–H groups in total. The van der Waals surface area contributed by atoms with E-state index in [-0.39, 0.29) is 35.5 Å². The molecule has 4 rings (SSSR count). The minimum absolute atomic E-state index is 0.0372. The van der Waals surface area contributed by atoms with Crippen molar-refractivity contribution in [1.82, 2.24) is 10.2 Å². The first kappa shape index (κ1) is 31.8. The fraction of sp³-hybridized carbons (Fsp3) is 0.235. The number of amides is 2. The van der Waals surface area contributed by atoms with E-state index in [4.69, 9.17) is 11.6 Å². The Morgan fingerprint density at radius 2 is 1.37 bits per heavy atom. The Morgan fingerprint density at radius 3 is 1.95 bits per heavy atom. The molecule has 0 fully saturated rings. The molecule has 4 aromatic rings. The highest BCUT2D eigenvalue weighted by molar-refractivity contribution is 7.92. The molecular weight excluding hydrogens is 582 g/mol. The van der Waals surface area contributed by atoms with Crippen molar-refractivity contribution in [2.45, 2.75) is 50.7 Å². The molecule has 43 heavy (non-hydrogen) atoms. The van der Waals surface area contributed by atoms with Gasteiger partial charge in [-0.25, -0.2) is 8.42 Å². The lowest BCUT2D eigenvalue weighted by atomic mass is 10.0. The van der Waals surface area contributed by atoms with Gasteiger partial charge in [-0.2, -0.15) is 0 Å². The van der Waals surface area contributed by atoms with E-state index in [1.807, 2.05) is 74.5 Å². The summed E-state index contributed by atoms with van der Waals surface area (Å²) in [6.07, 6.45) is 0.250. The number of carbonyl (C=O) groups excluding carboxylic acids is 2. The van der Waals surface area contributed by atoms with E-state index >= 15 is 0 Å². The second kappa shape index (κ2) is 14.4. The summed E-state index contributed by atoms with van der Waals surface area (Å²) >= 11 is 6.32. The smallest absolute Gasteiger partial charge is 0.264 e. The van der Waals surface area contributed by atoms with Crippen molar-refractivity contribution >= 4 is 39.1 Å². The van der Waals surface area contributed by atoms with Gasteiger partial charge in [-0.15, -0.1) is 0 Å². The quantitative estimate of drug-likeness (QED) is 0.211. The maximum Gasteiger partial charge on any atom is 0.264 e. The van der Waals surface area contributed by atoms with Gasteiger partial charge in [0.2, 0.25) is 11.8 Å². The van der Waals surface area contributed by atoms with Crippen molar-refractivity contribution < 1.29 is 18.0 Å². The Balaban J connectivity index is 1.81. The van der Waals surface area contributed by atoms with Crippen LogP contribution < -0.4 is 9.62 Å². The van der Waals surface area contributed by atoms with Crippen molar-refractivity contribution in [3.63, 3.8) is 0 Å². The van der Waals surface area contributed by atoms with Gasteiger partial charge >= 0.3 is 0 Å². The topological polar surface area (TPSA) is 86.8 Å². The lowest BCUT2D eigenvalue weighted by Gasteiger charge is -2.34. The lowest BCUT2D eigenvalue weighted by molar-refractivity contribution is -0.140. The first-order valence-electron chi connectivity index (χ1n) is 14.1. The molecule has 0 aliphatic heterocycles. The average molecular weight is 618 g/mol. The molecule has 0 heterocycles. The number of hydrogen-bond donors (Lipinski definition) is 1. The fourth-order valence-electron chi connectivity index (χ4n) is 4.80. The van der Waals surface area contributed by atoms with Gasteiger partial charge in [0.25, 0.3) is 10.0 Å². The summed E-state index contributed by atoms with van der Waals surface area (Å²) in [5.41, 5.74) is 2.60. The third-order valence-electron chi connectivity index (χ3n) is 6.95. The molecule has 0 spiro atoms. The number of benzene rings is 4. The SMILES string of the molecule is Cc1ccc(Cl)cc1N(CC(=O)N(Cc1ccccc1)[C@H](Cc1ccccc1)C(=O)NC(C)C)S(=O)(=O)c1ccccc1. The summed E-state index contributed by atoms with van der Waals surface area (Å²) in [4.78, 5) is 29.7. The first-order chi connectivity index (χ1) is 20.6. The van der Waals surface area contributed by atoms with Crippen LogP contribution in [0.4, 0.5) is 5.69 Å². The highest BCUT2D eigenvalue weighted by Gasteiger charge is 2.35. The number of nitrogens with one attached hydrogen (secondary N) is 1. The number of hydrogen-bond acceptors (Lipinski definition) is 4. The molecule has 224 valence electrons. The van der Waals surface area contributed by atoms with Crippen LogP contribution in [0.15, 0.2) is 114 Å². The van der Waals surface area contributed by atoms with Crippen LogP contribution in [0.1, 0.15) is 30.5 Å². The van der Waals surface area contributed by atoms with Gasteiger partial charge in [-0.3, -0.25) is 13.9 Å². The summed E-state index contributed by atoms with van der Waals surface area (Å²) in [6.45, 7) is 5.05. The number of halogens is 1. The van der Waals surface area contributed by atoms with Crippen LogP contribution in [-0.2, 0) is 32.6 Å². The van der Waals surface area contributed by atoms with Crippen LogP contribution in [0, 0.1) is 6.92 Å². The molecule has 1 atom stereocenters. The van der Waals surface area contributed by atoms with Gasteiger partial charge in [0.15, 0.2) is 0 Å². The van der Waals surface area contributed by atoms with E-state index < -0.39 is 28.5 Å². The number of nitrogens with zero attached hydrogens (tertiary/aromatic N) is 2. The largest absolute Gasteiger partial charge is 0.352 e. The molecule has 0 aliphatic rings. The van der Waals surface area contributed by atoms with Crippen LogP contribution in [0.5, 0.6) is 0 Å². The van der Waals surface area contributed by atoms with Gasteiger partial charge in [0.1, 0.15) is 12.6 Å². The summed E-state index contributed by atoms with van der Waals surface area (Å²) in [7, 11) is -4.19. The predicted molar refractivity (Wildman–Crippen MR) is 171 cm³/mol. The number of aryl methyl sites for hydroxylation is 1. The van der Waals surface area contributed by atoms with Crippen molar-refractivity contribution in [3.8, 4) is 0 Å². The molecule has 0 saturated heterocycles. The maximum absolute atomic E-state index is 14.4. The number of anilines is 1. The molecule has 0 radical (unpaired) electrons. The van der Waals surface area contributed by atoms with Gasteiger partial charge in [0.05, 0.1) is 10.6 Å². The van der Waals surface area contributed by atoms with Crippen LogP contribution in [0.25, 0.3) is 0 Å². The Morgan fingerprint density at radius 1 is 0.814 bits per heavy atom. The van der Waals surface area contributed by atoms with Crippen molar-refractivity contribution in [1.29, 1.82) is 0 Å². The second-order valence-electron chi connectivity index (χ2n) is 10.6. The molecule has 0 saturated carbocycles. The predicted octanol–water partition coefficient (Wildman–Crippen LogP) is 6.01. The third-order valence-corrected chi connectivity index (χ3v) is 8.96. The second-order valence-corrected chi connectivity index (χ2v) is 12.9. The molecule has 9 heteroatoms. The van der Waals surface area contributed by atoms with Crippen molar-refractivity contribution in [2.75, 3.05) is 10.8 Å². The Hall–Kier alpha value is -4.14. The summed E-state index contributed by atoms with van der Waals surface area (Å²) in [5.74, 6) is -0.845. The summed E-state index contributed by atoms with van der Waals surface area (Å²) in [5, 5.41) is 3.29. The molecule has 0 unspecified atom stereocenters. The minimum Gasteiger partial charge on any atom is -0.352 e. The molecular formula is C34H36ClN3O4S. The molecule has 0 bridgehead atoms. The van der Waals surface area contributed by atoms with E-state index in [9.17, 15) is 18.0 Å². The van der Waals surface area contributed by atoms with Gasteiger partial charge in [0, 0.05) is 24.0 Å². The monoisotopic (exact) mass is 617 g/mol. The normalized spacial score (nSPS) is 12.0. The molecule has 7 nitrogen and oxygen atoms in total. The van der Waals surface area contributed by atoms with Gasteiger partial charge < -0.3 is 10.2 Å². The zero-order valence-corrected chi connectivity index (χ0v) is 26.1. The van der Waals surface area contributed by atoms with Crippen LogP contribution in [0.3, 0.4) is 0 Å². The van der Waals surface area contributed by atoms with Crippen LogP contribution in [-0.4, -0.2) is 43.8 Å². The van der Waals surface area contributed by atoms with Gasteiger partial charge in [-0.05, 0) is 61.7 Å².